The van der Waals surface area contributed by atoms with E-state index in [2.05, 4.69) is 31.3 Å². The third-order valence-electron chi connectivity index (χ3n) is 1.81. The minimum atomic E-state index is -4.78. The van der Waals surface area contributed by atoms with Crippen LogP contribution in [0, 0.1) is 0 Å². The Kier molecular flexibility index (Phi) is 5.43. The largest absolute Gasteiger partial charge is 0.573 e. The minimum absolute atomic E-state index is 0.0461. The standard InChI is InChI=1S/C10H10BrF3N2O3/c11-7-5-6(16-9(18)15-3-4-17)1-2-8(7)19-10(12,13)14/h1-2,5,17H,3-4H2,(H2,15,16,18). The van der Waals surface area contributed by atoms with E-state index in [9.17, 15) is 18.0 Å². The summed E-state index contributed by atoms with van der Waals surface area (Å²) in [5.74, 6) is -0.409. The number of amides is 2. The Bertz CT molecular complexity index is 454. The SMILES string of the molecule is O=C(NCCO)Nc1ccc(OC(F)(F)F)c(Br)c1. The molecule has 0 spiro atoms. The van der Waals surface area contributed by atoms with Gasteiger partial charge in [-0.2, -0.15) is 0 Å². The van der Waals surface area contributed by atoms with Gasteiger partial charge in [-0.05, 0) is 34.1 Å². The van der Waals surface area contributed by atoms with Gasteiger partial charge in [-0.15, -0.1) is 13.2 Å². The van der Waals surface area contributed by atoms with Crippen LogP contribution in [0.1, 0.15) is 0 Å². The molecule has 19 heavy (non-hydrogen) atoms. The molecule has 0 heterocycles. The van der Waals surface area contributed by atoms with Gasteiger partial charge < -0.3 is 20.5 Å². The van der Waals surface area contributed by atoms with Crippen molar-refractivity contribution >= 4 is 27.6 Å². The molecule has 0 aliphatic carbocycles. The predicted molar refractivity (Wildman–Crippen MR) is 64.9 cm³/mol. The summed E-state index contributed by atoms with van der Waals surface area (Å²) < 4.78 is 39.9. The molecule has 0 aliphatic rings. The smallest absolute Gasteiger partial charge is 0.405 e. The lowest BCUT2D eigenvalue weighted by molar-refractivity contribution is -0.274. The van der Waals surface area contributed by atoms with Crippen molar-refractivity contribution in [3.8, 4) is 5.75 Å². The maximum atomic E-state index is 12.0. The molecule has 0 unspecified atom stereocenters. The third kappa shape index (κ3) is 5.79. The van der Waals surface area contributed by atoms with Crippen LogP contribution in [0.5, 0.6) is 5.75 Å². The first-order valence-corrected chi connectivity index (χ1v) is 5.82. The molecule has 0 atom stereocenters. The van der Waals surface area contributed by atoms with Crippen molar-refractivity contribution in [2.75, 3.05) is 18.5 Å². The highest BCUT2D eigenvalue weighted by atomic mass is 79.9. The molecular weight excluding hydrogens is 333 g/mol. The molecule has 1 aromatic rings. The summed E-state index contributed by atoms with van der Waals surface area (Å²) >= 11 is 2.91. The monoisotopic (exact) mass is 342 g/mol. The van der Waals surface area contributed by atoms with Gasteiger partial charge in [0.25, 0.3) is 0 Å². The first kappa shape index (κ1) is 15.6. The fourth-order valence-electron chi connectivity index (χ4n) is 1.13. The van der Waals surface area contributed by atoms with Gasteiger partial charge in [0.1, 0.15) is 5.75 Å². The van der Waals surface area contributed by atoms with Crippen molar-refractivity contribution in [2.24, 2.45) is 0 Å². The Morgan fingerprint density at radius 3 is 2.63 bits per heavy atom. The molecule has 1 aromatic carbocycles. The van der Waals surface area contributed by atoms with E-state index >= 15 is 0 Å². The highest BCUT2D eigenvalue weighted by Crippen LogP contribution is 2.32. The summed E-state index contributed by atoms with van der Waals surface area (Å²) in [5, 5.41) is 13.2. The number of hydrogen-bond donors (Lipinski definition) is 3. The molecule has 9 heteroatoms. The van der Waals surface area contributed by atoms with E-state index in [1.807, 2.05) is 0 Å². The summed E-state index contributed by atoms with van der Waals surface area (Å²) in [7, 11) is 0. The number of urea groups is 1. The second-order valence-corrected chi connectivity index (χ2v) is 4.15. The highest BCUT2D eigenvalue weighted by molar-refractivity contribution is 9.10. The number of nitrogens with one attached hydrogen (secondary N) is 2. The zero-order chi connectivity index (χ0) is 14.5. The lowest BCUT2D eigenvalue weighted by Gasteiger charge is -2.12. The number of rotatable bonds is 4. The lowest BCUT2D eigenvalue weighted by atomic mass is 10.3. The molecule has 1 rings (SSSR count). The van der Waals surface area contributed by atoms with Gasteiger partial charge >= 0.3 is 12.4 Å². The molecule has 2 amide bonds. The van der Waals surface area contributed by atoms with Gasteiger partial charge in [-0.1, -0.05) is 0 Å². The van der Waals surface area contributed by atoms with Crippen LogP contribution in [0.3, 0.4) is 0 Å². The van der Waals surface area contributed by atoms with E-state index in [1.165, 1.54) is 12.1 Å². The van der Waals surface area contributed by atoms with Gasteiger partial charge in [0.2, 0.25) is 0 Å². The second-order valence-electron chi connectivity index (χ2n) is 3.30. The molecule has 0 fully saturated rings. The number of carbonyl (C=O) groups is 1. The first-order chi connectivity index (χ1) is 8.81. The Balaban J connectivity index is 2.69. The van der Waals surface area contributed by atoms with Gasteiger partial charge in [0, 0.05) is 12.2 Å². The topological polar surface area (TPSA) is 70.6 Å². The number of aliphatic hydroxyl groups is 1. The van der Waals surface area contributed by atoms with E-state index < -0.39 is 18.1 Å². The minimum Gasteiger partial charge on any atom is -0.405 e. The van der Waals surface area contributed by atoms with Crippen LogP contribution in [0.25, 0.3) is 0 Å². The number of hydrogen-bond acceptors (Lipinski definition) is 3. The molecule has 3 N–H and O–H groups in total. The van der Waals surface area contributed by atoms with E-state index in [-0.39, 0.29) is 23.3 Å². The van der Waals surface area contributed by atoms with Crippen LogP contribution in [0.15, 0.2) is 22.7 Å². The van der Waals surface area contributed by atoms with Crippen molar-refractivity contribution < 1.29 is 27.8 Å². The summed E-state index contributed by atoms with van der Waals surface area (Å²) in [6, 6.07) is 3.01. The van der Waals surface area contributed by atoms with Crippen molar-refractivity contribution in [1.82, 2.24) is 5.32 Å². The molecule has 106 valence electrons. The Morgan fingerprint density at radius 2 is 2.11 bits per heavy atom. The highest BCUT2D eigenvalue weighted by Gasteiger charge is 2.31. The quantitative estimate of drug-likeness (QED) is 0.787. The summed E-state index contributed by atoms with van der Waals surface area (Å²) in [6.45, 7) is -0.141. The number of halogens is 4. The van der Waals surface area contributed by atoms with E-state index in [0.717, 1.165) is 6.07 Å². The van der Waals surface area contributed by atoms with Crippen molar-refractivity contribution in [3.05, 3.63) is 22.7 Å². The Hall–Kier alpha value is -1.48. The predicted octanol–water partition coefficient (Wildman–Crippen LogP) is 2.46. The normalized spacial score (nSPS) is 11.0. The number of aliphatic hydroxyl groups excluding tert-OH is 1. The van der Waals surface area contributed by atoms with E-state index in [1.54, 1.807) is 0 Å². The third-order valence-corrected chi connectivity index (χ3v) is 2.43. The molecular formula is C10H10BrF3N2O3. The molecule has 0 aliphatic heterocycles. The van der Waals surface area contributed by atoms with E-state index in [4.69, 9.17) is 5.11 Å². The fourth-order valence-corrected chi connectivity index (χ4v) is 1.59. The number of carbonyl (C=O) groups excluding carboxylic acids is 1. The first-order valence-electron chi connectivity index (χ1n) is 5.03. The number of anilines is 1. The number of ether oxygens (including phenoxy) is 1. The number of alkyl halides is 3. The average Bonchev–Trinajstić information content (AvgIpc) is 2.28. The summed E-state index contributed by atoms with van der Waals surface area (Å²) in [6.07, 6.45) is -4.78. The van der Waals surface area contributed by atoms with Crippen LogP contribution in [-0.4, -0.2) is 30.7 Å². The van der Waals surface area contributed by atoms with Crippen LogP contribution in [-0.2, 0) is 0 Å². The Labute approximate surface area is 114 Å². The van der Waals surface area contributed by atoms with Crippen molar-refractivity contribution in [2.45, 2.75) is 6.36 Å². The lowest BCUT2D eigenvalue weighted by Crippen LogP contribution is -2.30. The molecule has 0 saturated heterocycles. The zero-order valence-corrected chi connectivity index (χ0v) is 11.0. The van der Waals surface area contributed by atoms with Gasteiger partial charge in [0.05, 0.1) is 11.1 Å². The Morgan fingerprint density at radius 1 is 1.42 bits per heavy atom. The maximum absolute atomic E-state index is 12.0. The van der Waals surface area contributed by atoms with E-state index in [0.29, 0.717) is 0 Å². The van der Waals surface area contributed by atoms with Gasteiger partial charge in [0.15, 0.2) is 0 Å². The molecule has 5 nitrogen and oxygen atoms in total. The number of benzene rings is 1. The average molecular weight is 343 g/mol. The fraction of sp³-hybridized carbons (Fsp3) is 0.300. The molecule has 0 saturated carbocycles. The van der Waals surface area contributed by atoms with Crippen molar-refractivity contribution in [1.29, 1.82) is 0 Å². The van der Waals surface area contributed by atoms with Crippen LogP contribution < -0.4 is 15.4 Å². The van der Waals surface area contributed by atoms with Crippen molar-refractivity contribution in [3.63, 3.8) is 0 Å². The van der Waals surface area contributed by atoms with Crippen LogP contribution in [0.2, 0.25) is 0 Å². The van der Waals surface area contributed by atoms with Crippen LogP contribution in [0.4, 0.5) is 23.7 Å². The molecule has 0 radical (unpaired) electrons. The van der Waals surface area contributed by atoms with Gasteiger partial charge in [-0.3, -0.25) is 0 Å². The summed E-state index contributed by atoms with van der Waals surface area (Å²) in [4.78, 5) is 11.2. The maximum Gasteiger partial charge on any atom is 0.573 e. The van der Waals surface area contributed by atoms with Crippen LogP contribution >= 0.6 is 15.9 Å². The zero-order valence-electron chi connectivity index (χ0n) is 9.42. The second kappa shape index (κ2) is 6.62. The van der Waals surface area contributed by atoms with Gasteiger partial charge in [-0.25, -0.2) is 4.79 Å². The molecule has 0 aromatic heterocycles. The summed E-state index contributed by atoms with van der Waals surface area (Å²) in [5.41, 5.74) is 0.275. The molecule has 0 bridgehead atoms.